The first kappa shape index (κ1) is 16.8. The number of aliphatic carboxylic acids is 1. The molecule has 116 valence electrons. The summed E-state index contributed by atoms with van der Waals surface area (Å²) in [4.78, 5) is 23.1. The van der Waals surface area contributed by atoms with Gasteiger partial charge < -0.3 is 15.7 Å². The predicted molar refractivity (Wildman–Crippen MR) is 78.6 cm³/mol. The van der Waals surface area contributed by atoms with Crippen LogP contribution in [0.4, 0.5) is 4.79 Å². The third-order valence-electron chi connectivity index (χ3n) is 4.21. The minimum atomic E-state index is -1.18. The van der Waals surface area contributed by atoms with Crippen LogP contribution in [0.15, 0.2) is 0 Å². The number of carboxylic acid groups (broad SMARTS) is 1. The van der Waals surface area contributed by atoms with Gasteiger partial charge in [0.15, 0.2) is 0 Å². The van der Waals surface area contributed by atoms with Crippen molar-refractivity contribution < 1.29 is 14.7 Å². The van der Waals surface area contributed by atoms with Crippen LogP contribution < -0.4 is 10.6 Å². The smallest absolute Gasteiger partial charge is 0.329 e. The maximum Gasteiger partial charge on any atom is 0.329 e. The zero-order valence-corrected chi connectivity index (χ0v) is 12.9. The minimum Gasteiger partial charge on any atom is -0.480 e. The molecule has 3 N–H and O–H groups in total. The zero-order chi connectivity index (χ0) is 15.2. The van der Waals surface area contributed by atoms with Gasteiger partial charge in [-0.05, 0) is 38.0 Å². The summed E-state index contributed by atoms with van der Waals surface area (Å²) in [5, 5.41) is 14.6. The highest BCUT2D eigenvalue weighted by Crippen LogP contribution is 2.27. The molecule has 0 aromatic carbocycles. The van der Waals surface area contributed by atoms with Crippen LogP contribution in [0.3, 0.4) is 0 Å². The first-order valence-corrected chi connectivity index (χ1v) is 7.66. The molecular formula is C15H28N2O3. The Labute approximate surface area is 121 Å². The molecule has 5 nitrogen and oxygen atoms in total. The van der Waals surface area contributed by atoms with Gasteiger partial charge in [-0.1, -0.05) is 33.1 Å². The first-order valence-electron chi connectivity index (χ1n) is 7.66. The summed E-state index contributed by atoms with van der Waals surface area (Å²) in [5.74, 6) is 0.260. The molecule has 3 unspecified atom stereocenters. The molecule has 5 heteroatoms. The van der Waals surface area contributed by atoms with Crippen molar-refractivity contribution in [2.45, 2.75) is 64.8 Å². The van der Waals surface area contributed by atoms with Gasteiger partial charge in [0.05, 0.1) is 0 Å². The lowest BCUT2D eigenvalue weighted by Gasteiger charge is -2.29. The highest BCUT2D eigenvalue weighted by molar-refractivity contribution is 5.85. The highest BCUT2D eigenvalue weighted by atomic mass is 16.4. The van der Waals surface area contributed by atoms with E-state index < -0.39 is 11.5 Å². The van der Waals surface area contributed by atoms with Gasteiger partial charge in [-0.2, -0.15) is 0 Å². The quantitative estimate of drug-likeness (QED) is 0.701. The lowest BCUT2D eigenvalue weighted by Crippen LogP contribution is -2.55. The molecule has 0 bridgehead atoms. The monoisotopic (exact) mass is 284 g/mol. The number of hydrogen-bond acceptors (Lipinski definition) is 2. The summed E-state index contributed by atoms with van der Waals surface area (Å²) in [6.45, 7) is 6.35. The van der Waals surface area contributed by atoms with Crippen molar-refractivity contribution >= 4 is 12.0 Å². The zero-order valence-electron chi connectivity index (χ0n) is 12.9. The fourth-order valence-corrected chi connectivity index (χ4v) is 3.00. The van der Waals surface area contributed by atoms with E-state index in [0.717, 1.165) is 18.8 Å². The normalized spacial score (nSPS) is 25.6. The molecule has 0 radical (unpaired) electrons. The topological polar surface area (TPSA) is 78.4 Å². The van der Waals surface area contributed by atoms with E-state index in [9.17, 15) is 14.7 Å². The standard InChI is InChI=1S/C15H28N2O3/c1-4-8-15(3,13(18)19)17-14(20)16-10-12-7-5-6-11(2)9-12/h11-12H,4-10H2,1-3H3,(H,18,19)(H2,16,17,20). The molecule has 1 rings (SSSR count). The van der Waals surface area contributed by atoms with Crippen molar-refractivity contribution in [3.63, 3.8) is 0 Å². The van der Waals surface area contributed by atoms with Crippen molar-refractivity contribution in [1.29, 1.82) is 0 Å². The third kappa shape index (κ3) is 5.02. The Hall–Kier alpha value is -1.26. The highest BCUT2D eigenvalue weighted by Gasteiger charge is 2.33. The maximum atomic E-state index is 11.9. The molecule has 1 aliphatic rings. The Morgan fingerprint density at radius 3 is 2.60 bits per heavy atom. The molecule has 0 aromatic heterocycles. The second kappa shape index (κ2) is 7.50. The molecule has 0 aromatic rings. The number of rotatable bonds is 6. The fraction of sp³-hybridized carbons (Fsp3) is 0.867. The van der Waals surface area contributed by atoms with Gasteiger partial charge in [0.1, 0.15) is 5.54 Å². The Morgan fingerprint density at radius 1 is 1.35 bits per heavy atom. The average molecular weight is 284 g/mol. The summed E-state index contributed by atoms with van der Waals surface area (Å²) in [6.07, 6.45) is 5.93. The molecule has 1 saturated carbocycles. The van der Waals surface area contributed by atoms with Crippen molar-refractivity contribution in [3.05, 3.63) is 0 Å². The van der Waals surface area contributed by atoms with Crippen LogP contribution >= 0.6 is 0 Å². The Balaban J connectivity index is 2.40. The molecule has 2 amide bonds. The van der Waals surface area contributed by atoms with Crippen LogP contribution in [0.25, 0.3) is 0 Å². The van der Waals surface area contributed by atoms with Crippen LogP contribution in [-0.4, -0.2) is 29.2 Å². The Kier molecular flexibility index (Phi) is 6.30. The van der Waals surface area contributed by atoms with Crippen molar-refractivity contribution in [2.75, 3.05) is 6.54 Å². The van der Waals surface area contributed by atoms with E-state index in [2.05, 4.69) is 17.6 Å². The number of carbonyl (C=O) groups excluding carboxylic acids is 1. The molecule has 20 heavy (non-hydrogen) atoms. The molecule has 1 aliphatic carbocycles. The molecule has 0 heterocycles. The van der Waals surface area contributed by atoms with Gasteiger partial charge in [-0.15, -0.1) is 0 Å². The van der Waals surface area contributed by atoms with E-state index in [-0.39, 0.29) is 6.03 Å². The van der Waals surface area contributed by atoms with Crippen LogP contribution in [0.1, 0.15) is 59.3 Å². The van der Waals surface area contributed by atoms with E-state index >= 15 is 0 Å². The van der Waals surface area contributed by atoms with Crippen LogP contribution in [0.5, 0.6) is 0 Å². The SMILES string of the molecule is CCCC(C)(NC(=O)NCC1CCCC(C)C1)C(=O)O. The van der Waals surface area contributed by atoms with Crippen LogP contribution in [0.2, 0.25) is 0 Å². The van der Waals surface area contributed by atoms with Gasteiger partial charge in [0, 0.05) is 6.54 Å². The van der Waals surface area contributed by atoms with Crippen molar-refractivity contribution in [2.24, 2.45) is 11.8 Å². The van der Waals surface area contributed by atoms with Crippen LogP contribution in [0, 0.1) is 11.8 Å². The molecule has 3 atom stereocenters. The number of carboxylic acids is 1. The van der Waals surface area contributed by atoms with Gasteiger partial charge in [-0.3, -0.25) is 0 Å². The van der Waals surface area contributed by atoms with E-state index in [4.69, 9.17) is 0 Å². The van der Waals surface area contributed by atoms with E-state index in [1.165, 1.54) is 12.8 Å². The summed E-state index contributed by atoms with van der Waals surface area (Å²) < 4.78 is 0. The third-order valence-corrected chi connectivity index (χ3v) is 4.21. The predicted octanol–water partition coefficient (Wildman–Crippen LogP) is 2.76. The van der Waals surface area contributed by atoms with E-state index in [1.54, 1.807) is 6.92 Å². The summed E-state index contributed by atoms with van der Waals surface area (Å²) in [6, 6.07) is -0.374. The van der Waals surface area contributed by atoms with E-state index in [0.29, 0.717) is 25.3 Å². The van der Waals surface area contributed by atoms with E-state index in [1.807, 2.05) is 6.92 Å². The van der Waals surface area contributed by atoms with Crippen LogP contribution in [-0.2, 0) is 4.79 Å². The number of amides is 2. The number of hydrogen-bond donors (Lipinski definition) is 3. The average Bonchev–Trinajstić information content (AvgIpc) is 2.36. The molecule has 0 saturated heterocycles. The Morgan fingerprint density at radius 2 is 2.05 bits per heavy atom. The van der Waals surface area contributed by atoms with Crippen molar-refractivity contribution in [3.8, 4) is 0 Å². The minimum absolute atomic E-state index is 0.374. The van der Waals surface area contributed by atoms with Gasteiger partial charge in [-0.25, -0.2) is 9.59 Å². The second-order valence-electron chi connectivity index (χ2n) is 6.36. The molecule has 0 aliphatic heterocycles. The summed E-state index contributed by atoms with van der Waals surface area (Å²) >= 11 is 0. The summed E-state index contributed by atoms with van der Waals surface area (Å²) in [5.41, 5.74) is -1.18. The largest absolute Gasteiger partial charge is 0.480 e. The number of nitrogens with one attached hydrogen (secondary N) is 2. The second-order valence-corrected chi connectivity index (χ2v) is 6.36. The van der Waals surface area contributed by atoms with Crippen molar-refractivity contribution in [1.82, 2.24) is 10.6 Å². The van der Waals surface area contributed by atoms with Gasteiger partial charge >= 0.3 is 12.0 Å². The molecule has 0 spiro atoms. The van der Waals surface area contributed by atoms with Gasteiger partial charge in [0.25, 0.3) is 0 Å². The number of urea groups is 1. The number of carbonyl (C=O) groups is 2. The fourth-order valence-electron chi connectivity index (χ4n) is 3.00. The Bertz CT molecular complexity index is 346. The van der Waals surface area contributed by atoms with Gasteiger partial charge in [0.2, 0.25) is 0 Å². The lowest BCUT2D eigenvalue weighted by atomic mass is 9.82. The molecule has 1 fully saturated rings. The maximum absolute atomic E-state index is 11.9. The molecular weight excluding hydrogens is 256 g/mol. The summed E-state index contributed by atoms with van der Waals surface area (Å²) in [7, 11) is 0. The lowest BCUT2D eigenvalue weighted by molar-refractivity contribution is -0.144. The first-order chi connectivity index (χ1) is 9.37.